The number of carbonyl (C=O) groups is 3. The number of rotatable bonds is 9. The van der Waals surface area contributed by atoms with Crippen LogP contribution in [-0.2, 0) is 9.59 Å². The Morgan fingerprint density at radius 2 is 1.65 bits per heavy atom. The molecule has 1 aromatic heterocycles. The van der Waals surface area contributed by atoms with E-state index in [0.29, 0.717) is 57.7 Å². The van der Waals surface area contributed by atoms with E-state index in [1.54, 1.807) is 42.5 Å². The molecule has 0 spiro atoms. The Hall–Kier alpha value is -4.87. The van der Waals surface area contributed by atoms with E-state index in [1.165, 1.54) is 16.2 Å². The Morgan fingerprint density at radius 3 is 2.37 bits per heavy atom. The second-order valence-corrected chi connectivity index (χ2v) is 13.4. The van der Waals surface area contributed by atoms with Gasteiger partial charge in [0.1, 0.15) is 11.6 Å². The van der Waals surface area contributed by atoms with Crippen molar-refractivity contribution in [3.8, 4) is 21.7 Å². The maximum Gasteiger partial charge on any atom is 0.406 e. The molecule has 1 aliphatic carbocycles. The summed E-state index contributed by atoms with van der Waals surface area (Å²) in [5.74, 6) is -2.71. The zero-order chi connectivity index (χ0) is 34.4. The summed E-state index contributed by atoms with van der Waals surface area (Å²) in [7, 11) is 0. The van der Waals surface area contributed by atoms with Gasteiger partial charge in [0.05, 0.1) is 27.9 Å². The molecule has 2 amide bonds. The number of carbonyl (C=O) groups excluding carboxylic acids is 3. The third-order valence-electron chi connectivity index (χ3n) is 9.24. The van der Waals surface area contributed by atoms with Crippen molar-refractivity contribution in [3.05, 3.63) is 107 Å². The van der Waals surface area contributed by atoms with E-state index in [9.17, 15) is 27.6 Å². The number of aromatic nitrogens is 1. The van der Waals surface area contributed by atoms with Gasteiger partial charge in [-0.05, 0) is 47.7 Å². The zero-order valence-electron chi connectivity index (χ0n) is 26.7. The average molecular weight is 683 g/mol. The van der Waals surface area contributed by atoms with E-state index in [1.807, 2.05) is 49.4 Å². The Morgan fingerprint density at radius 1 is 0.939 bits per heavy atom. The number of para-hydroxylation sites is 1. The summed E-state index contributed by atoms with van der Waals surface area (Å²) in [4.78, 5) is 50.0. The molecule has 2 atom stereocenters. The van der Waals surface area contributed by atoms with E-state index >= 15 is 0 Å². The summed E-state index contributed by atoms with van der Waals surface area (Å²) in [6.07, 6.45) is -3.32. The normalized spacial score (nSPS) is 17.0. The first-order valence-electron chi connectivity index (χ1n) is 16.3. The molecular weight excluding hydrogens is 650 g/mol. The lowest BCUT2D eigenvalue weighted by Crippen LogP contribution is -2.42. The molecule has 2 unspecified atom stereocenters. The summed E-state index contributed by atoms with van der Waals surface area (Å²) < 4.78 is 42.6. The van der Waals surface area contributed by atoms with Gasteiger partial charge < -0.3 is 15.5 Å². The number of thiazole rings is 1. The van der Waals surface area contributed by atoms with Crippen LogP contribution in [0.3, 0.4) is 0 Å². The number of nitrogens with zero attached hydrogens (tertiary/aromatic N) is 3. The largest absolute Gasteiger partial charge is 0.406 e. The molecular formula is C38H33F3N4O3S. The predicted molar refractivity (Wildman–Crippen MR) is 185 cm³/mol. The van der Waals surface area contributed by atoms with Crippen molar-refractivity contribution < 1.29 is 27.6 Å². The van der Waals surface area contributed by atoms with Crippen LogP contribution in [0.25, 0.3) is 31.9 Å². The number of halogens is 3. The van der Waals surface area contributed by atoms with Gasteiger partial charge in [0.2, 0.25) is 11.8 Å². The minimum absolute atomic E-state index is 0.0835. The monoisotopic (exact) mass is 682 g/mol. The number of benzene rings is 4. The molecule has 0 bridgehead atoms. The number of alkyl halides is 3. The second-order valence-electron chi connectivity index (χ2n) is 12.4. The Labute approximate surface area is 285 Å². The van der Waals surface area contributed by atoms with Crippen LogP contribution < -0.4 is 10.6 Å². The number of hydrogen-bond acceptors (Lipinski definition) is 6. The maximum atomic E-state index is 14.8. The molecule has 4 aromatic carbocycles. The van der Waals surface area contributed by atoms with Gasteiger partial charge in [0.25, 0.3) is 0 Å². The van der Waals surface area contributed by atoms with Crippen LogP contribution in [0.2, 0.25) is 0 Å². The molecule has 1 fully saturated rings. The third-order valence-corrected chi connectivity index (χ3v) is 10.3. The number of ketones is 1. The molecule has 49 heavy (non-hydrogen) atoms. The van der Waals surface area contributed by atoms with E-state index in [-0.39, 0.29) is 24.3 Å². The van der Waals surface area contributed by atoms with E-state index in [4.69, 9.17) is 10.7 Å². The van der Waals surface area contributed by atoms with E-state index in [0.717, 1.165) is 15.1 Å². The van der Waals surface area contributed by atoms with Gasteiger partial charge in [-0.1, -0.05) is 80.1 Å². The lowest BCUT2D eigenvalue weighted by atomic mass is 9.88. The highest BCUT2D eigenvalue weighted by atomic mass is 32.1. The van der Waals surface area contributed by atoms with Gasteiger partial charge in [-0.15, -0.1) is 11.3 Å². The van der Waals surface area contributed by atoms with Crippen molar-refractivity contribution in [2.24, 2.45) is 5.73 Å². The predicted octanol–water partition coefficient (Wildman–Crippen LogP) is 7.56. The third kappa shape index (κ3) is 5.91. The first-order valence-corrected chi connectivity index (χ1v) is 17.1. The van der Waals surface area contributed by atoms with Gasteiger partial charge in [-0.3, -0.25) is 14.4 Å². The summed E-state index contributed by atoms with van der Waals surface area (Å²) in [5, 5.41) is 0.645. The number of amides is 2. The van der Waals surface area contributed by atoms with Crippen LogP contribution in [0, 0.1) is 0 Å². The van der Waals surface area contributed by atoms with Crippen molar-refractivity contribution in [1.29, 1.82) is 0 Å². The Balaban J connectivity index is 1.43. The van der Waals surface area contributed by atoms with Gasteiger partial charge in [-0.2, -0.15) is 13.2 Å². The van der Waals surface area contributed by atoms with Crippen LogP contribution in [0.15, 0.2) is 84.9 Å². The van der Waals surface area contributed by atoms with Crippen molar-refractivity contribution in [3.63, 3.8) is 0 Å². The van der Waals surface area contributed by atoms with Gasteiger partial charge in [0.15, 0.2) is 5.78 Å². The van der Waals surface area contributed by atoms with Crippen LogP contribution >= 0.6 is 11.3 Å². The fourth-order valence-electron chi connectivity index (χ4n) is 6.95. The van der Waals surface area contributed by atoms with Crippen LogP contribution in [0.4, 0.5) is 18.9 Å². The highest BCUT2D eigenvalue weighted by molar-refractivity contribution is 7.21. The van der Waals surface area contributed by atoms with Crippen molar-refractivity contribution in [2.45, 2.75) is 44.3 Å². The molecule has 0 saturated carbocycles. The van der Waals surface area contributed by atoms with Gasteiger partial charge in [-0.25, -0.2) is 4.98 Å². The standard InChI is InChI=1S/C38H33F3N4O3S/c1-2-3-19-44(21-38(39,40)41)37(48)32-23-11-5-4-10-22(23)24-16-17-27(33(31(24)32)45-20-18-28(42)36(45)47)34(46)25-12-6-7-13-26(25)35-43-29-14-8-9-15-30(29)49-35/h4-17,28,32H,2-3,18-21,42H2,1H3. The lowest BCUT2D eigenvalue weighted by Gasteiger charge is -2.30. The van der Waals surface area contributed by atoms with Crippen LogP contribution in [0.5, 0.6) is 0 Å². The lowest BCUT2D eigenvalue weighted by molar-refractivity contribution is -0.161. The molecule has 1 aliphatic heterocycles. The number of unbranched alkanes of at least 4 members (excludes halogenated alkanes) is 1. The SMILES string of the molecule is CCCCN(CC(F)(F)F)C(=O)C1c2ccccc2-c2ccc(C(=O)c3ccccc3-c3nc4ccccc4s3)c(N3CCC(N)C3=O)c21. The molecule has 7 rings (SSSR count). The molecule has 250 valence electrons. The molecule has 2 aliphatic rings. The van der Waals surface area contributed by atoms with Crippen LogP contribution in [0.1, 0.15) is 59.2 Å². The smallest absolute Gasteiger partial charge is 0.333 e. The molecule has 5 aromatic rings. The van der Waals surface area contributed by atoms with Crippen molar-refractivity contribution >= 4 is 44.8 Å². The van der Waals surface area contributed by atoms with Gasteiger partial charge in [0, 0.05) is 35.3 Å². The maximum absolute atomic E-state index is 14.8. The van der Waals surface area contributed by atoms with Gasteiger partial charge >= 0.3 is 6.18 Å². The summed E-state index contributed by atoms with van der Waals surface area (Å²) in [6.45, 7) is 0.549. The minimum atomic E-state index is -4.62. The molecule has 7 nitrogen and oxygen atoms in total. The summed E-state index contributed by atoms with van der Waals surface area (Å²) in [5.41, 5.74) is 10.5. The summed E-state index contributed by atoms with van der Waals surface area (Å²) >= 11 is 1.45. The van der Waals surface area contributed by atoms with E-state index in [2.05, 4.69) is 0 Å². The molecule has 0 radical (unpaired) electrons. The minimum Gasteiger partial charge on any atom is -0.333 e. The quantitative estimate of drug-likeness (QED) is 0.162. The molecule has 2 heterocycles. The fraction of sp³-hybridized carbons (Fsp3) is 0.263. The number of fused-ring (bicyclic) bond motifs is 4. The molecule has 2 N–H and O–H groups in total. The fourth-order valence-corrected chi connectivity index (χ4v) is 7.96. The van der Waals surface area contributed by atoms with Crippen LogP contribution in [-0.4, -0.2) is 59.3 Å². The molecule has 1 saturated heterocycles. The van der Waals surface area contributed by atoms with E-state index < -0.39 is 42.3 Å². The first kappa shape index (κ1) is 32.7. The number of nitrogens with two attached hydrogens (primary N) is 1. The number of hydrogen-bond donors (Lipinski definition) is 1. The Kier molecular flexibility index (Phi) is 8.58. The van der Waals surface area contributed by atoms with Crippen molar-refractivity contribution in [1.82, 2.24) is 9.88 Å². The second kappa shape index (κ2) is 12.9. The molecule has 11 heteroatoms. The summed E-state index contributed by atoms with van der Waals surface area (Å²) in [6, 6.07) is 24.4. The topological polar surface area (TPSA) is 96.6 Å². The Bertz CT molecular complexity index is 2080. The highest BCUT2D eigenvalue weighted by Gasteiger charge is 2.45. The zero-order valence-corrected chi connectivity index (χ0v) is 27.5. The average Bonchev–Trinajstić information content (AvgIpc) is 3.78. The van der Waals surface area contributed by atoms with Crippen molar-refractivity contribution in [2.75, 3.05) is 24.5 Å². The number of anilines is 1. The first-order chi connectivity index (χ1) is 23.6. The highest BCUT2D eigenvalue weighted by Crippen LogP contribution is 2.52.